The van der Waals surface area contributed by atoms with Gasteiger partial charge in [-0.15, -0.1) is 0 Å². The number of amides is 1. The van der Waals surface area contributed by atoms with Crippen molar-refractivity contribution in [3.8, 4) is 0 Å². The summed E-state index contributed by atoms with van der Waals surface area (Å²) in [7, 11) is 0. The van der Waals surface area contributed by atoms with Crippen LogP contribution < -0.4 is 5.32 Å². The highest BCUT2D eigenvalue weighted by Gasteiger charge is 2.26. The van der Waals surface area contributed by atoms with Crippen LogP contribution in [0.5, 0.6) is 0 Å². The normalized spacial score (nSPS) is 22.6. The first kappa shape index (κ1) is 11.6. The standard InChI is InChI=1S/C13H15NO3/c1-8-6-11(7-8)14-12(15)9-2-4-10(5-3-9)13(16)17/h2-5,8,11H,6-7H2,1H3,(H,14,15)(H,16,17). The van der Waals surface area contributed by atoms with Crippen LogP contribution >= 0.6 is 0 Å². The quantitative estimate of drug-likeness (QED) is 0.838. The Bertz CT molecular complexity index is 432. The summed E-state index contributed by atoms with van der Waals surface area (Å²) in [4.78, 5) is 22.4. The van der Waals surface area contributed by atoms with Gasteiger partial charge in [0.05, 0.1) is 5.56 Å². The third-order valence-electron chi connectivity index (χ3n) is 3.10. The molecular weight excluding hydrogens is 218 g/mol. The van der Waals surface area contributed by atoms with Gasteiger partial charge in [0.15, 0.2) is 0 Å². The molecule has 1 aliphatic rings. The van der Waals surface area contributed by atoms with Crippen LogP contribution in [0.4, 0.5) is 0 Å². The van der Waals surface area contributed by atoms with E-state index in [1.165, 1.54) is 12.1 Å². The van der Waals surface area contributed by atoms with Gasteiger partial charge in [-0.2, -0.15) is 0 Å². The molecular formula is C13H15NO3. The zero-order valence-corrected chi connectivity index (χ0v) is 9.64. The minimum Gasteiger partial charge on any atom is -0.478 e. The van der Waals surface area contributed by atoms with Crippen molar-refractivity contribution in [2.75, 3.05) is 0 Å². The Morgan fingerprint density at radius 1 is 1.18 bits per heavy atom. The molecule has 4 heteroatoms. The Morgan fingerprint density at radius 2 is 1.71 bits per heavy atom. The molecule has 1 amide bonds. The van der Waals surface area contributed by atoms with Crippen molar-refractivity contribution >= 4 is 11.9 Å². The van der Waals surface area contributed by atoms with Crippen LogP contribution in [0.1, 0.15) is 40.5 Å². The lowest BCUT2D eigenvalue weighted by Gasteiger charge is -2.33. The average Bonchev–Trinajstić information content (AvgIpc) is 2.27. The molecule has 0 unspecified atom stereocenters. The van der Waals surface area contributed by atoms with E-state index in [-0.39, 0.29) is 17.5 Å². The summed E-state index contributed by atoms with van der Waals surface area (Å²) in [6.45, 7) is 2.16. The smallest absolute Gasteiger partial charge is 0.335 e. The Balaban J connectivity index is 1.97. The molecule has 1 aromatic rings. The number of carboxylic acids is 1. The lowest BCUT2D eigenvalue weighted by molar-refractivity contribution is 0.0696. The van der Waals surface area contributed by atoms with Crippen molar-refractivity contribution in [1.82, 2.24) is 5.32 Å². The van der Waals surface area contributed by atoms with Gasteiger partial charge < -0.3 is 10.4 Å². The number of benzene rings is 1. The second-order valence-corrected chi connectivity index (χ2v) is 4.63. The SMILES string of the molecule is CC1CC(NC(=O)c2ccc(C(=O)O)cc2)C1. The summed E-state index contributed by atoms with van der Waals surface area (Å²) in [6.07, 6.45) is 2.05. The molecule has 90 valence electrons. The lowest BCUT2D eigenvalue weighted by Crippen LogP contribution is -2.43. The highest BCUT2D eigenvalue weighted by molar-refractivity contribution is 5.96. The van der Waals surface area contributed by atoms with E-state index >= 15 is 0 Å². The molecule has 0 bridgehead atoms. The highest BCUT2D eigenvalue weighted by Crippen LogP contribution is 2.26. The first-order valence-corrected chi connectivity index (χ1v) is 5.70. The summed E-state index contributed by atoms with van der Waals surface area (Å²) >= 11 is 0. The van der Waals surface area contributed by atoms with Crippen molar-refractivity contribution in [3.63, 3.8) is 0 Å². The second kappa shape index (κ2) is 4.57. The number of carbonyl (C=O) groups is 2. The molecule has 0 spiro atoms. The molecule has 2 N–H and O–H groups in total. The van der Waals surface area contributed by atoms with Gasteiger partial charge in [0.25, 0.3) is 5.91 Å². The lowest BCUT2D eigenvalue weighted by atomic mass is 9.82. The predicted molar refractivity (Wildman–Crippen MR) is 63.1 cm³/mol. The van der Waals surface area contributed by atoms with Crippen molar-refractivity contribution < 1.29 is 14.7 Å². The summed E-state index contributed by atoms with van der Waals surface area (Å²) < 4.78 is 0. The Hall–Kier alpha value is -1.84. The van der Waals surface area contributed by atoms with Crippen LogP contribution in [0.15, 0.2) is 24.3 Å². The zero-order chi connectivity index (χ0) is 12.4. The van der Waals surface area contributed by atoms with Crippen LogP contribution in [-0.4, -0.2) is 23.0 Å². The van der Waals surface area contributed by atoms with Gasteiger partial charge >= 0.3 is 5.97 Å². The van der Waals surface area contributed by atoms with Crippen molar-refractivity contribution in [2.45, 2.75) is 25.8 Å². The molecule has 0 atom stereocenters. The molecule has 0 heterocycles. The van der Waals surface area contributed by atoms with E-state index < -0.39 is 5.97 Å². The molecule has 2 rings (SSSR count). The number of carbonyl (C=O) groups excluding carboxylic acids is 1. The van der Waals surface area contributed by atoms with Crippen LogP contribution in [0.25, 0.3) is 0 Å². The van der Waals surface area contributed by atoms with Crippen LogP contribution in [0.2, 0.25) is 0 Å². The molecule has 1 saturated carbocycles. The fraction of sp³-hybridized carbons (Fsp3) is 0.385. The average molecular weight is 233 g/mol. The molecule has 0 radical (unpaired) electrons. The summed E-state index contributed by atoms with van der Waals surface area (Å²) in [5, 5.41) is 11.7. The predicted octanol–water partition coefficient (Wildman–Crippen LogP) is 1.91. The van der Waals surface area contributed by atoms with E-state index in [0.29, 0.717) is 11.5 Å². The third kappa shape index (κ3) is 2.64. The van der Waals surface area contributed by atoms with Crippen LogP contribution in [0, 0.1) is 5.92 Å². The van der Waals surface area contributed by atoms with Gasteiger partial charge in [0, 0.05) is 11.6 Å². The number of carboxylic acid groups (broad SMARTS) is 1. The fourth-order valence-electron chi connectivity index (χ4n) is 2.05. The van der Waals surface area contributed by atoms with Gasteiger partial charge in [0.2, 0.25) is 0 Å². The van der Waals surface area contributed by atoms with Gasteiger partial charge in [-0.3, -0.25) is 4.79 Å². The molecule has 0 saturated heterocycles. The number of hydrogen-bond donors (Lipinski definition) is 2. The highest BCUT2D eigenvalue weighted by atomic mass is 16.4. The zero-order valence-electron chi connectivity index (χ0n) is 9.64. The minimum atomic E-state index is -0.982. The Kier molecular flexibility index (Phi) is 3.13. The van der Waals surface area contributed by atoms with Gasteiger partial charge in [0.1, 0.15) is 0 Å². The third-order valence-corrected chi connectivity index (χ3v) is 3.10. The van der Waals surface area contributed by atoms with E-state index in [1.807, 2.05) is 0 Å². The van der Waals surface area contributed by atoms with Gasteiger partial charge in [-0.05, 0) is 43.0 Å². The molecule has 0 aromatic heterocycles. The van der Waals surface area contributed by atoms with Crippen molar-refractivity contribution in [2.24, 2.45) is 5.92 Å². The Morgan fingerprint density at radius 3 is 2.18 bits per heavy atom. The van der Waals surface area contributed by atoms with Crippen molar-refractivity contribution in [1.29, 1.82) is 0 Å². The van der Waals surface area contributed by atoms with Crippen LogP contribution in [-0.2, 0) is 0 Å². The van der Waals surface area contributed by atoms with E-state index in [4.69, 9.17) is 5.11 Å². The van der Waals surface area contributed by atoms with Crippen LogP contribution in [0.3, 0.4) is 0 Å². The van der Waals surface area contributed by atoms with Gasteiger partial charge in [-0.1, -0.05) is 6.92 Å². The number of aromatic carboxylic acids is 1. The number of nitrogens with one attached hydrogen (secondary N) is 1. The van der Waals surface area contributed by atoms with E-state index in [9.17, 15) is 9.59 Å². The van der Waals surface area contributed by atoms with Crippen molar-refractivity contribution in [3.05, 3.63) is 35.4 Å². The minimum absolute atomic E-state index is 0.126. The maximum atomic E-state index is 11.8. The first-order chi connectivity index (χ1) is 8.06. The molecule has 4 nitrogen and oxygen atoms in total. The number of hydrogen-bond acceptors (Lipinski definition) is 2. The summed E-state index contributed by atoms with van der Waals surface area (Å²) in [5.41, 5.74) is 0.702. The monoisotopic (exact) mass is 233 g/mol. The molecule has 1 aromatic carbocycles. The van der Waals surface area contributed by atoms with E-state index in [0.717, 1.165) is 12.8 Å². The maximum Gasteiger partial charge on any atom is 0.335 e. The second-order valence-electron chi connectivity index (χ2n) is 4.63. The van der Waals surface area contributed by atoms with E-state index in [1.54, 1.807) is 12.1 Å². The maximum absolute atomic E-state index is 11.8. The fourth-order valence-corrected chi connectivity index (χ4v) is 2.05. The van der Waals surface area contributed by atoms with E-state index in [2.05, 4.69) is 12.2 Å². The van der Waals surface area contributed by atoms with Gasteiger partial charge in [-0.25, -0.2) is 4.79 Å². The topological polar surface area (TPSA) is 66.4 Å². The molecule has 0 aliphatic heterocycles. The molecule has 1 fully saturated rings. The molecule has 17 heavy (non-hydrogen) atoms. The Labute approximate surface area is 99.6 Å². The molecule has 1 aliphatic carbocycles. The summed E-state index contributed by atoms with van der Waals surface area (Å²) in [6, 6.07) is 6.25. The number of rotatable bonds is 3. The summed E-state index contributed by atoms with van der Waals surface area (Å²) in [5.74, 6) is -0.418. The first-order valence-electron chi connectivity index (χ1n) is 5.70. The largest absolute Gasteiger partial charge is 0.478 e.